The highest BCUT2D eigenvalue weighted by Gasteiger charge is 2.28. The maximum absolute atomic E-state index is 12.9. The molecular formula is C17H23N3O2S. The van der Waals surface area contributed by atoms with Crippen molar-refractivity contribution in [3.05, 3.63) is 36.5 Å². The molecule has 5 nitrogen and oxygen atoms in total. The van der Waals surface area contributed by atoms with Gasteiger partial charge < -0.3 is 5.73 Å². The van der Waals surface area contributed by atoms with E-state index in [0.29, 0.717) is 18.0 Å². The number of pyridine rings is 1. The number of nitrogens with one attached hydrogen (secondary N) is 1. The molecule has 0 spiro atoms. The van der Waals surface area contributed by atoms with Crippen molar-refractivity contribution < 1.29 is 8.42 Å². The van der Waals surface area contributed by atoms with Crippen molar-refractivity contribution in [2.24, 2.45) is 11.7 Å². The van der Waals surface area contributed by atoms with Gasteiger partial charge in [0.1, 0.15) is 4.90 Å². The Labute approximate surface area is 137 Å². The molecule has 1 unspecified atom stereocenters. The van der Waals surface area contributed by atoms with Gasteiger partial charge in [-0.3, -0.25) is 4.98 Å². The third kappa shape index (κ3) is 3.54. The predicted molar refractivity (Wildman–Crippen MR) is 91.5 cm³/mol. The molecule has 0 bridgehead atoms. The van der Waals surface area contributed by atoms with Crippen LogP contribution in [-0.2, 0) is 10.0 Å². The number of nitrogens with two attached hydrogens (primary N) is 1. The average Bonchev–Trinajstić information content (AvgIpc) is 2.60. The van der Waals surface area contributed by atoms with Crippen molar-refractivity contribution in [1.82, 2.24) is 9.71 Å². The van der Waals surface area contributed by atoms with E-state index in [4.69, 9.17) is 5.73 Å². The summed E-state index contributed by atoms with van der Waals surface area (Å²) in [6.45, 7) is 0.322. The van der Waals surface area contributed by atoms with E-state index in [0.717, 1.165) is 31.1 Å². The van der Waals surface area contributed by atoms with E-state index in [2.05, 4.69) is 9.71 Å². The molecule has 1 atom stereocenters. The van der Waals surface area contributed by atoms with Crippen LogP contribution in [0.2, 0.25) is 0 Å². The van der Waals surface area contributed by atoms with Crippen LogP contribution in [0, 0.1) is 5.92 Å². The van der Waals surface area contributed by atoms with E-state index in [1.165, 1.54) is 6.42 Å². The minimum absolute atomic E-state index is 0.209. The summed E-state index contributed by atoms with van der Waals surface area (Å²) in [7, 11) is -3.64. The molecule has 1 aliphatic rings. The van der Waals surface area contributed by atoms with Gasteiger partial charge in [-0.15, -0.1) is 0 Å². The molecule has 0 amide bonds. The van der Waals surface area contributed by atoms with Crippen molar-refractivity contribution in [3.8, 4) is 0 Å². The number of fused-ring (bicyclic) bond motifs is 1. The molecule has 1 saturated carbocycles. The molecule has 1 fully saturated rings. The largest absolute Gasteiger partial charge is 0.329 e. The molecule has 1 aliphatic carbocycles. The molecule has 1 aromatic carbocycles. The average molecular weight is 333 g/mol. The van der Waals surface area contributed by atoms with Gasteiger partial charge in [0.15, 0.2) is 0 Å². The third-order valence-corrected chi connectivity index (χ3v) is 6.19. The Morgan fingerprint density at radius 1 is 1.17 bits per heavy atom. The molecule has 6 heteroatoms. The van der Waals surface area contributed by atoms with Crippen molar-refractivity contribution in [1.29, 1.82) is 0 Å². The van der Waals surface area contributed by atoms with Gasteiger partial charge in [0.25, 0.3) is 0 Å². The van der Waals surface area contributed by atoms with E-state index < -0.39 is 10.0 Å². The number of sulfonamides is 1. The van der Waals surface area contributed by atoms with E-state index >= 15 is 0 Å². The zero-order valence-electron chi connectivity index (χ0n) is 13.1. The fourth-order valence-corrected chi connectivity index (χ4v) is 4.93. The number of benzene rings is 1. The number of rotatable bonds is 5. The molecule has 1 heterocycles. The highest BCUT2D eigenvalue weighted by Crippen LogP contribution is 2.28. The van der Waals surface area contributed by atoms with Crippen molar-refractivity contribution in [2.75, 3.05) is 6.54 Å². The van der Waals surface area contributed by atoms with Crippen LogP contribution in [0.5, 0.6) is 0 Å². The lowest BCUT2D eigenvalue weighted by Gasteiger charge is -2.29. The maximum Gasteiger partial charge on any atom is 0.243 e. The van der Waals surface area contributed by atoms with Gasteiger partial charge >= 0.3 is 0 Å². The van der Waals surface area contributed by atoms with Gasteiger partial charge in [-0.2, -0.15) is 0 Å². The lowest BCUT2D eigenvalue weighted by Crippen LogP contribution is -2.45. The fourth-order valence-electron chi connectivity index (χ4n) is 3.43. The molecular weight excluding hydrogens is 310 g/mol. The molecule has 124 valence electrons. The Balaban J connectivity index is 1.90. The first-order valence-electron chi connectivity index (χ1n) is 8.18. The molecule has 23 heavy (non-hydrogen) atoms. The third-order valence-electron chi connectivity index (χ3n) is 4.66. The second kappa shape index (κ2) is 6.95. The number of aromatic nitrogens is 1. The summed E-state index contributed by atoms with van der Waals surface area (Å²) in [4.78, 5) is 4.47. The van der Waals surface area contributed by atoms with Gasteiger partial charge in [-0.05, 0) is 30.9 Å². The highest BCUT2D eigenvalue weighted by molar-refractivity contribution is 7.89. The summed E-state index contributed by atoms with van der Waals surface area (Å²) >= 11 is 0. The van der Waals surface area contributed by atoms with Gasteiger partial charge in [0.05, 0.1) is 5.52 Å². The van der Waals surface area contributed by atoms with Gasteiger partial charge in [-0.1, -0.05) is 37.5 Å². The summed E-state index contributed by atoms with van der Waals surface area (Å²) in [5.41, 5.74) is 6.36. The first-order valence-corrected chi connectivity index (χ1v) is 9.66. The zero-order valence-corrected chi connectivity index (χ0v) is 13.9. The zero-order chi connectivity index (χ0) is 16.3. The van der Waals surface area contributed by atoms with Crippen LogP contribution in [0.25, 0.3) is 10.9 Å². The fraction of sp³-hybridized carbons (Fsp3) is 0.471. The van der Waals surface area contributed by atoms with E-state index in [9.17, 15) is 8.42 Å². The Morgan fingerprint density at radius 3 is 2.65 bits per heavy atom. The normalized spacial score (nSPS) is 18.1. The second-order valence-electron chi connectivity index (χ2n) is 6.19. The summed E-state index contributed by atoms with van der Waals surface area (Å²) in [5, 5.41) is 0.817. The monoisotopic (exact) mass is 333 g/mol. The van der Waals surface area contributed by atoms with Crippen LogP contribution in [0.3, 0.4) is 0 Å². The van der Waals surface area contributed by atoms with Gasteiger partial charge in [0, 0.05) is 24.2 Å². The number of hydrogen-bond donors (Lipinski definition) is 2. The minimum atomic E-state index is -3.64. The number of hydrogen-bond acceptors (Lipinski definition) is 4. The predicted octanol–water partition coefficient (Wildman–Crippen LogP) is 2.42. The SMILES string of the molecule is NCC(NS(=O)(=O)c1cccc2cccnc12)C1CCCCC1. The Kier molecular flexibility index (Phi) is 4.94. The lowest BCUT2D eigenvalue weighted by molar-refractivity contribution is 0.294. The second-order valence-corrected chi connectivity index (χ2v) is 7.88. The molecule has 0 radical (unpaired) electrons. The van der Waals surface area contributed by atoms with Crippen LogP contribution in [0.4, 0.5) is 0 Å². The van der Waals surface area contributed by atoms with E-state index in [1.807, 2.05) is 12.1 Å². The molecule has 0 saturated heterocycles. The van der Waals surface area contributed by atoms with Crippen molar-refractivity contribution in [2.45, 2.75) is 43.0 Å². The van der Waals surface area contributed by atoms with Crippen LogP contribution in [-0.4, -0.2) is 26.0 Å². The summed E-state index contributed by atoms with van der Waals surface area (Å²) in [5.74, 6) is 0.325. The molecule has 0 aliphatic heterocycles. The van der Waals surface area contributed by atoms with E-state index in [-0.39, 0.29) is 10.9 Å². The summed E-state index contributed by atoms with van der Waals surface area (Å²) in [6, 6.07) is 8.67. The van der Waals surface area contributed by atoms with Gasteiger partial charge in [0.2, 0.25) is 10.0 Å². The number of nitrogens with zero attached hydrogens (tertiary/aromatic N) is 1. The molecule has 1 aromatic heterocycles. The lowest BCUT2D eigenvalue weighted by atomic mass is 9.84. The van der Waals surface area contributed by atoms with Gasteiger partial charge in [-0.25, -0.2) is 13.1 Å². The van der Waals surface area contributed by atoms with Crippen molar-refractivity contribution in [3.63, 3.8) is 0 Å². The standard InChI is InChI=1S/C17H23N3O2S/c18-12-15(13-6-2-1-3-7-13)20-23(21,22)16-10-4-8-14-9-5-11-19-17(14)16/h4-5,8-11,13,15,20H,1-3,6-7,12,18H2. The van der Waals surface area contributed by atoms with Crippen molar-refractivity contribution >= 4 is 20.9 Å². The van der Waals surface area contributed by atoms with E-state index in [1.54, 1.807) is 24.4 Å². The first kappa shape index (κ1) is 16.4. The quantitative estimate of drug-likeness (QED) is 0.880. The molecule has 2 aromatic rings. The molecule has 3 N–H and O–H groups in total. The number of para-hydroxylation sites is 1. The first-order chi connectivity index (χ1) is 11.1. The van der Waals surface area contributed by atoms with Crippen LogP contribution in [0.15, 0.2) is 41.4 Å². The smallest absolute Gasteiger partial charge is 0.243 e. The Hall–Kier alpha value is -1.50. The topological polar surface area (TPSA) is 85.1 Å². The van der Waals surface area contributed by atoms with Crippen LogP contribution in [0.1, 0.15) is 32.1 Å². The minimum Gasteiger partial charge on any atom is -0.329 e. The summed E-state index contributed by atoms with van der Waals surface area (Å²) < 4.78 is 28.5. The maximum atomic E-state index is 12.9. The van der Waals surface area contributed by atoms with Crippen LogP contribution < -0.4 is 10.5 Å². The Morgan fingerprint density at radius 2 is 1.91 bits per heavy atom. The summed E-state index contributed by atoms with van der Waals surface area (Å²) in [6.07, 6.45) is 7.23. The Bertz CT molecular complexity index is 765. The highest BCUT2D eigenvalue weighted by atomic mass is 32.2. The van der Waals surface area contributed by atoms with Crippen LogP contribution >= 0.6 is 0 Å². The molecule has 3 rings (SSSR count).